The van der Waals surface area contributed by atoms with E-state index in [1.807, 2.05) is 37.3 Å². The van der Waals surface area contributed by atoms with Crippen LogP contribution < -0.4 is 9.62 Å². The van der Waals surface area contributed by atoms with Gasteiger partial charge in [0.1, 0.15) is 12.6 Å². The maximum Gasteiger partial charge on any atom is 0.264 e. The van der Waals surface area contributed by atoms with Crippen molar-refractivity contribution in [2.24, 2.45) is 0 Å². The summed E-state index contributed by atoms with van der Waals surface area (Å²) in [5.41, 5.74) is 1.93. The van der Waals surface area contributed by atoms with Crippen LogP contribution in [-0.4, -0.2) is 44.3 Å². The van der Waals surface area contributed by atoms with Crippen LogP contribution in [0.3, 0.4) is 0 Å². The first-order chi connectivity index (χ1) is 20.7. The number of nitrogens with one attached hydrogen (secondary N) is 1. The third-order valence-corrected chi connectivity index (χ3v) is 9.33. The number of nitrogens with zero attached hydrogens (tertiary/aromatic N) is 2. The first kappa shape index (κ1) is 32.3. The zero-order valence-corrected chi connectivity index (χ0v) is 26.9. The largest absolute Gasteiger partial charge is 0.354 e. The summed E-state index contributed by atoms with van der Waals surface area (Å²) < 4.78 is 29.7. The van der Waals surface area contributed by atoms with E-state index < -0.39 is 28.5 Å². The van der Waals surface area contributed by atoms with Crippen LogP contribution in [0.2, 0.25) is 5.02 Å². The Labute approximate surface area is 266 Å². The number of anilines is 1. The van der Waals surface area contributed by atoms with Gasteiger partial charge in [0.2, 0.25) is 11.8 Å². The van der Waals surface area contributed by atoms with Crippen molar-refractivity contribution >= 4 is 55.1 Å². The average Bonchev–Trinajstić information content (AvgIpc) is 3.02. The molecule has 0 saturated heterocycles. The molecule has 224 valence electrons. The first-order valence-corrected chi connectivity index (χ1v) is 16.5. The molecule has 4 rings (SSSR count). The number of hydrogen-bond donors (Lipinski definition) is 1. The Hall–Kier alpha value is -3.66. The lowest BCUT2D eigenvalue weighted by Crippen LogP contribution is -2.53. The molecule has 0 fully saturated rings. The summed E-state index contributed by atoms with van der Waals surface area (Å²) in [5.74, 6) is -0.838. The topological polar surface area (TPSA) is 86.8 Å². The molecular weight excluding hydrogens is 650 g/mol. The molecule has 0 aliphatic rings. The van der Waals surface area contributed by atoms with Gasteiger partial charge in [-0.3, -0.25) is 13.9 Å². The third-order valence-electron chi connectivity index (χ3n) is 6.79. The smallest absolute Gasteiger partial charge is 0.264 e. The van der Waals surface area contributed by atoms with Gasteiger partial charge in [0, 0.05) is 29.0 Å². The van der Waals surface area contributed by atoms with Crippen molar-refractivity contribution in [3.8, 4) is 0 Å². The molecule has 1 N–H and O–H groups in total. The summed E-state index contributed by atoms with van der Waals surface area (Å²) in [5, 5.41) is 3.48. The summed E-state index contributed by atoms with van der Waals surface area (Å²) in [6, 6.07) is 30.3. The minimum absolute atomic E-state index is 0.0496. The predicted molar refractivity (Wildman–Crippen MR) is 174 cm³/mol. The monoisotopic (exact) mass is 681 g/mol. The Bertz CT molecular complexity index is 1620. The quantitative estimate of drug-likeness (QED) is 0.175. The third kappa shape index (κ3) is 8.69. The van der Waals surface area contributed by atoms with E-state index >= 15 is 0 Å². The number of hydrogen-bond acceptors (Lipinski definition) is 4. The maximum absolute atomic E-state index is 14.4. The molecule has 7 nitrogen and oxygen atoms in total. The fourth-order valence-corrected chi connectivity index (χ4v) is 6.53. The van der Waals surface area contributed by atoms with E-state index in [2.05, 4.69) is 21.2 Å². The van der Waals surface area contributed by atoms with E-state index in [-0.39, 0.29) is 23.8 Å². The summed E-state index contributed by atoms with van der Waals surface area (Å²) in [6.45, 7) is 1.95. The van der Waals surface area contributed by atoms with Crippen LogP contribution in [0.4, 0.5) is 5.69 Å². The van der Waals surface area contributed by atoms with Crippen LogP contribution in [-0.2, 0) is 32.6 Å². The second-order valence-corrected chi connectivity index (χ2v) is 13.2. The van der Waals surface area contributed by atoms with E-state index in [1.54, 1.807) is 66.7 Å². The number of sulfonamides is 1. The molecule has 0 aliphatic heterocycles. The fraction of sp³-hybridized carbons (Fsp3) is 0.212. The molecule has 0 heterocycles. The Morgan fingerprint density at radius 1 is 0.860 bits per heavy atom. The molecule has 0 bridgehead atoms. The van der Waals surface area contributed by atoms with E-state index in [0.717, 1.165) is 21.9 Å². The molecule has 0 radical (unpaired) electrons. The highest BCUT2D eigenvalue weighted by Gasteiger charge is 2.34. The molecule has 0 unspecified atom stereocenters. The fourth-order valence-electron chi connectivity index (χ4n) is 4.59. The van der Waals surface area contributed by atoms with Crippen molar-refractivity contribution in [1.82, 2.24) is 10.2 Å². The summed E-state index contributed by atoms with van der Waals surface area (Å²) >= 11 is 9.55. The van der Waals surface area contributed by atoms with Gasteiger partial charge in [-0.1, -0.05) is 101 Å². The molecule has 0 saturated carbocycles. The van der Waals surface area contributed by atoms with Gasteiger partial charge < -0.3 is 10.2 Å². The molecule has 2 amide bonds. The van der Waals surface area contributed by atoms with Gasteiger partial charge in [-0.25, -0.2) is 8.42 Å². The number of carbonyl (C=O) groups excluding carboxylic acids is 2. The maximum atomic E-state index is 14.4. The number of halogens is 2. The molecular formula is C33H33BrClN3O4S. The van der Waals surface area contributed by atoms with Gasteiger partial charge in [0.05, 0.1) is 10.6 Å². The highest BCUT2D eigenvalue weighted by atomic mass is 79.9. The summed E-state index contributed by atoms with van der Waals surface area (Å²) in [4.78, 5) is 29.5. The second-order valence-electron chi connectivity index (χ2n) is 9.95. The molecule has 1 atom stereocenters. The van der Waals surface area contributed by atoms with Crippen molar-refractivity contribution in [1.29, 1.82) is 0 Å². The highest BCUT2D eigenvalue weighted by molar-refractivity contribution is 9.10. The van der Waals surface area contributed by atoms with Crippen molar-refractivity contribution in [3.63, 3.8) is 0 Å². The van der Waals surface area contributed by atoms with Crippen molar-refractivity contribution in [2.75, 3.05) is 17.4 Å². The average molecular weight is 683 g/mol. The van der Waals surface area contributed by atoms with Crippen LogP contribution >= 0.6 is 27.5 Å². The molecule has 43 heavy (non-hydrogen) atoms. The molecule has 4 aromatic carbocycles. The van der Waals surface area contributed by atoms with Gasteiger partial charge >= 0.3 is 0 Å². The molecule has 0 aromatic heterocycles. The molecule has 0 spiro atoms. The van der Waals surface area contributed by atoms with E-state index in [1.165, 1.54) is 17.0 Å². The predicted octanol–water partition coefficient (Wildman–Crippen LogP) is 6.46. The van der Waals surface area contributed by atoms with Crippen LogP contribution in [0.15, 0.2) is 119 Å². The minimum atomic E-state index is -4.15. The molecule has 0 aliphatic carbocycles. The standard InChI is InChI=1S/C33H33BrClN3O4S/c1-2-20-36-33(40)31(21-25-10-5-3-6-11-25)37(23-26-16-18-28(35)19-17-26)32(39)24-38(29-13-9-12-27(34)22-29)43(41,42)30-14-7-4-8-15-30/h3-19,22,31H,2,20-21,23-24H2,1H3,(H,36,40)/t31-/m0/s1. The first-order valence-electron chi connectivity index (χ1n) is 13.9. The normalized spacial score (nSPS) is 11.9. The number of amides is 2. The van der Waals surface area contributed by atoms with E-state index in [9.17, 15) is 18.0 Å². The number of carbonyl (C=O) groups is 2. The minimum Gasteiger partial charge on any atom is -0.354 e. The lowest BCUT2D eigenvalue weighted by atomic mass is 10.0. The van der Waals surface area contributed by atoms with Gasteiger partial charge in [-0.15, -0.1) is 0 Å². The van der Waals surface area contributed by atoms with Gasteiger partial charge in [-0.2, -0.15) is 0 Å². The Morgan fingerprint density at radius 2 is 1.51 bits per heavy atom. The van der Waals surface area contributed by atoms with Crippen LogP contribution in [0.5, 0.6) is 0 Å². The second kappa shape index (κ2) is 15.2. The van der Waals surface area contributed by atoms with Crippen molar-refractivity contribution in [2.45, 2.75) is 37.2 Å². The highest BCUT2D eigenvalue weighted by Crippen LogP contribution is 2.27. The van der Waals surface area contributed by atoms with Crippen molar-refractivity contribution < 1.29 is 18.0 Å². The summed E-state index contributed by atoms with van der Waals surface area (Å²) in [6.07, 6.45) is 0.971. The van der Waals surface area contributed by atoms with Gasteiger partial charge in [0.15, 0.2) is 0 Å². The van der Waals surface area contributed by atoms with Gasteiger partial charge in [-0.05, 0) is 60.0 Å². The van der Waals surface area contributed by atoms with Crippen LogP contribution in [0, 0.1) is 0 Å². The summed E-state index contributed by atoms with van der Waals surface area (Å²) in [7, 11) is -4.15. The Morgan fingerprint density at radius 3 is 2.14 bits per heavy atom. The lowest BCUT2D eigenvalue weighted by molar-refractivity contribution is -0.140. The molecule has 4 aromatic rings. The van der Waals surface area contributed by atoms with Gasteiger partial charge in [0.25, 0.3) is 10.0 Å². The van der Waals surface area contributed by atoms with Crippen LogP contribution in [0.1, 0.15) is 24.5 Å². The zero-order valence-electron chi connectivity index (χ0n) is 23.7. The zero-order chi connectivity index (χ0) is 30.8. The van der Waals surface area contributed by atoms with Crippen LogP contribution in [0.25, 0.3) is 0 Å². The van der Waals surface area contributed by atoms with Crippen molar-refractivity contribution in [3.05, 3.63) is 130 Å². The Kier molecular flexibility index (Phi) is 11.4. The molecule has 10 heteroatoms. The lowest BCUT2D eigenvalue weighted by Gasteiger charge is -2.34. The van der Waals surface area contributed by atoms with E-state index in [4.69, 9.17) is 11.6 Å². The SMILES string of the molecule is CCCNC(=O)[C@H](Cc1ccccc1)N(Cc1ccc(Cl)cc1)C(=O)CN(c1cccc(Br)c1)S(=O)(=O)c1ccccc1. The number of benzene rings is 4. The number of rotatable bonds is 13. The Balaban J connectivity index is 1.78. The van der Waals surface area contributed by atoms with E-state index in [0.29, 0.717) is 21.7 Å².